The van der Waals surface area contributed by atoms with E-state index >= 15 is 0 Å². The van der Waals surface area contributed by atoms with Gasteiger partial charge in [0.1, 0.15) is 4.83 Å². The van der Waals surface area contributed by atoms with Gasteiger partial charge in [0.2, 0.25) is 6.41 Å². The van der Waals surface area contributed by atoms with Gasteiger partial charge in [-0.15, -0.1) is 11.3 Å². The SMILES string of the molecule is Cc1ccc2cc(C)sc2n1.NC=O. The number of pyridine rings is 1. The minimum Gasteiger partial charge on any atom is -0.372 e. The smallest absolute Gasteiger partial charge is 0.204 e. The van der Waals surface area contributed by atoms with Crippen LogP contribution < -0.4 is 5.73 Å². The molecule has 0 aliphatic carbocycles. The molecule has 3 nitrogen and oxygen atoms in total. The van der Waals surface area contributed by atoms with Crippen LogP contribution in [0.3, 0.4) is 0 Å². The van der Waals surface area contributed by atoms with Crippen molar-refractivity contribution < 1.29 is 4.79 Å². The molecule has 0 unspecified atom stereocenters. The zero-order valence-electron chi connectivity index (χ0n) is 8.15. The van der Waals surface area contributed by atoms with Crippen molar-refractivity contribution in [3.8, 4) is 0 Å². The number of carbonyl (C=O) groups is 1. The quantitative estimate of drug-likeness (QED) is 0.673. The fraction of sp³-hybridized carbons (Fsp3) is 0.200. The molecule has 0 fully saturated rings. The zero-order chi connectivity index (χ0) is 10.6. The first-order valence-electron chi connectivity index (χ1n) is 4.16. The van der Waals surface area contributed by atoms with Crippen molar-refractivity contribution in [2.24, 2.45) is 5.73 Å². The van der Waals surface area contributed by atoms with E-state index in [1.807, 2.05) is 6.92 Å². The van der Waals surface area contributed by atoms with Crippen LogP contribution in [0.4, 0.5) is 0 Å². The van der Waals surface area contributed by atoms with E-state index in [1.165, 1.54) is 10.3 Å². The highest BCUT2D eigenvalue weighted by atomic mass is 32.1. The molecule has 0 radical (unpaired) electrons. The molecule has 0 aliphatic rings. The maximum absolute atomic E-state index is 8.58. The molecule has 2 aromatic rings. The number of fused-ring (bicyclic) bond motifs is 1. The molecule has 0 spiro atoms. The van der Waals surface area contributed by atoms with Gasteiger partial charge in [0, 0.05) is 16.0 Å². The molecule has 0 atom stereocenters. The lowest BCUT2D eigenvalue weighted by atomic mass is 10.3. The summed E-state index contributed by atoms with van der Waals surface area (Å²) in [6.07, 6.45) is 0.250. The molecule has 2 N–H and O–H groups in total. The Balaban J connectivity index is 0.000000293. The Morgan fingerprint density at radius 2 is 2.07 bits per heavy atom. The van der Waals surface area contributed by atoms with Crippen LogP contribution in [0.15, 0.2) is 18.2 Å². The molecule has 0 saturated heterocycles. The Labute approximate surface area is 86.6 Å². The first-order valence-corrected chi connectivity index (χ1v) is 4.98. The zero-order valence-corrected chi connectivity index (χ0v) is 8.97. The van der Waals surface area contributed by atoms with E-state index in [-0.39, 0.29) is 6.41 Å². The summed E-state index contributed by atoms with van der Waals surface area (Å²) in [5.41, 5.74) is 5.26. The van der Waals surface area contributed by atoms with E-state index in [1.54, 1.807) is 11.3 Å². The number of aromatic nitrogens is 1. The number of carbonyl (C=O) groups excluding carboxylic acids is 1. The van der Waals surface area contributed by atoms with E-state index in [4.69, 9.17) is 4.79 Å². The topological polar surface area (TPSA) is 56.0 Å². The van der Waals surface area contributed by atoms with E-state index < -0.39 is 0 Å². The highest BCUT2D eigenvalue weighted by molar-refractivity contribution is 7.18. The summed E-state index contributed by atoms with van der Waals surface area (Å²) in [5.74, 6) is 0. The summed E-state index contributed by atoms with van der Waals surface area (Å²) in [6, 6.07) is 6.35. The van der Waals surface area contributed by atoms with Gasteiger partial charge in [-0.1, -0.05) is 6.07 Å². The Morgan fingerprint density at radius 1 is 1.43 bits per heavy atom. The first-order chi connectivity index (χ1) is 6.67. The van der Waals surface area contributed by atoms with Crippen molar-refractivity contribution in [2.75, 3.05) is 0 Å². The minimum absolute atomic E-state index is 0.250. The van der Waals surface area contributed by atoms with Crippen LogP contribution in [0, 0.1) is 13.8 Å². The average molecular weight is 208 g/mol. The second-order valence-electron chi connectivity index (χ2n) is 2.84. The Kier molecular flexibility index (Phi) is 3.59. The van der Waals surface area contributed by atoms with Crippen LogP contribution in [0.2, 0.25) is 0 Å². The molecule has 2 heterocycles. The second kappa shape index (κ2) is 4.72. The monoisotopic (exact) mass is 208 g/mol. The molecule has 0 aromatic carbocycles. The largest absolute Gasteiger partial charge is 0.372 e. The normalized spacial score (nSPS) is 9.29. The molecule has 74 valence electrons. The van der Waals surface area contributed by atoms with E-state index in [0.29, 0.717) is 0 Å². The van der Waals surface area contributed by atoms with E-state index in [2.05, 4.69) is 35.8 Å². The molecular weight excluding hydrogens is 196 g/mol. The van der Waals surface area contributed by atoms with E-state index in [0.717, 1.165) is 10.5 Å². The van der Waals surface area contributed by atoms with Gasteiger partial charge < -0.3 is 5.73 Å². The van der Waals surface area contributed by atoms with Crippen LogP contribution in [0.1, 0.15) is 10.6 Å². The summed E-state index contributed by atoms with van der Waals surface area (Å²) >= 11 is 1.76. The molecule has 14 heavy (non-hydrogen) atoms. The van der Waals surface area contributed by atoms with Gasteiger partial charge in [-0.05, 0) is 26.0 Å². The van der Waals surface area contributed by atoms with Crippen LogP contribution in [0.5, 0.6) is 0 Å². The van der Waals surface area contributed by atoms with Crippen LogP contribution in [-0.2, 0) is 4.79 Å². The number of thiophene rings is 1. The molecule has 0 bridgehead atoms. The predicted octanol–water partition coefficient (Wildman–Crippen LogP) is 2.01. The van der Waals surface area contributed by atoms with Crippen molar-refractivity contribution in [3.05, 3.63) is 28.8 Å². The summed E-state index contributed by atoms with van der Waals surface area (Å²) in [7, 11) is 0. The van der Waals surface area contributed by atoms with Crippen LogP contribution in [-0.4, -0.2) is 11.4 Å². The van der Waals surface area contributed by atoms with Gasteiger partial charge in [-0.3, -0.25) is 4.79 Å². The molecule has 1 amide bonds. The highest BCUT2D eigenvalue weighted by Gasteiger charge is 1.97. The van der Waals surface area contributed by atoms with Gasteiger partial charge in [0.15, 0.2) is 0 Å². The molecule has 0 aliphatic heterocycles. The van der Waals surface area contributed by atoms with Crippen molar-refractivity contribution in [1.29, 1.82) is 0 Å². The van der Waals surface area contributed by atoms with Gasteiger partial charge >= 0.3 is 0 Å². The number of nitrogens with zero attached hydrogens (tertiary/aromatic N) is 1. The number of aryl methyl sites for hydroxylation is 2. The Hall–Kier alpha value is -1.42. The number of amides is 1. The van der Waals surface area contributed by atoms with Gasteiger partial charge in [-0.2, -0.15) is 0 Å². The number of rotatable bonds is 0. The number of hydrogen-bond acceptors (Lipinski definition) is 3. The third kappa shape index (κ3) is 2.53. The summed E-state index contributed by atoms with van der Waals surface area (Å²) in [4.78, 5) is 15.5. The Morgan fingerprint density at radius 3 is 2.71 bits per heavy atom. The number of primary amides is 1. The molecular formula is C10H12N2OS. The van der Waals surface area contributed by atoms with Crippen LogP contribution in [0.25, 0.3) is 10.2 Å². The van der Waals surface area contributed by atoms with Crippen molar-refractivity contribution >= 4 is 28.0 Å². The third-order valence-electron chi connectivity index (χ3n) is 1.65. The molecule has 2 aromatic heterocycles. The fourth-order valence-electron chi connectivity index (χ4n) is 1.14. The third-order valence-corrected chi connectivity index (χ3v) is 2.61. The lowest BCUT2D eigenvalue weighted by molar-refractivity contribution is -0.106. The summed E-state index contributed by atoms with van der Waals surface area (Å²) in [6.45, 7) is 4.14. The molecule has 4 heteroatoms. The fourth-order valence-corrected chi connectivity index (χ4v) is 2.06. The highest BCUT2D eigenvalue weighted by Crippen LogP contribution is 2.22. The average Bonchev–Trinajstić information content (AvgIpc) is 2.45. The van der Waals surface area contributed by atoms with Crippen LogP contribution >= 0.6 is 11.3 Å². The first kappa shape index (κ1) is 10.7. The van der Waals surface area contributed by atoms with E-state index in [9.17, 15) is 0 Å². The lowest BCUT2D eigenvalue weighted by Gasteiger charge is -1.89. The second-order valence-corrected chi connectivity index (χ2v) is 4.07. The van der Waals surface area contributed by atoms with Gasteiger partial charge in [0.25, 0.3) is 0 Å². The standard InChI is InChI=1S/C9H9NS.CH3NO/c1-6-3-4-8-5-7(2)11-9(8)10-6;2-1-3/h3-5H,1-2H3;1H,(H2,2,3). The Bertz CT molecular complexity index is 437. The predicted molar refractivity (Wildman–Crippen MR) is 59.3 cm³/mol. The van der Waals surface area contributed by atoms with Crippen molar-refractivity contribution in [1.82, 2.24) is 4.98 Å². The maximum atomic E-state index is 8.58. The summed E-state index contributed by atoms with van der Waals surface area (Å²) in [5, 5.41) is 1.26. The minimum atomic E-state index is 0.250. The molecule has 2 rings (SSSR count). The van der Waals surface area contributed by atoms with Gasteiger partial charge in [0.05, 0.1) is 0 Å². The maximum Gasteiger partial charge on any atom is 0.204 e. The summed E-state index contributed by atoms with van der Waals surface area (Å²) < 4.78 is 0. The number of nitrogens with two attached hydrogens (primary N) is 1. The molecule has 0 saturated carbocycles. The van der Waals surface area contributed by atoms with Crippen molar-refractivity contribution in [3.63, 3.8) is 0 Å². The van der Waals surface area contributed by atoms with Gasteiger partial charge in [-0.25, -0.2) is 4.98 Å². The lowest BCUT2D eigenvalue weighted by Crippen LogP contribution is -1.82. The number of hydrogen-bond donors (Lipinski definition) is 1. The van der Waals surface area contributed by atoms with Crippen molar-refractivity contribution in [2.45, 2.75) is 13.8 Å².